The van der Waals surface area contributed by atoms with Gasteiger partial charge in [-0.3, -0.25) is 0 Å². The average molecular weight is 220 g/mol. The summed E-state index contributed by atoms with van der Waals surface area (Å²) in [7, 11) is 1.96. The Labute approximate surface area is 94.1 Å². The van der Waals surface area contributed by atoms with Crippen molar-refractivity contribution in [1.29, 1.82) is 0 Å². The van der Waals surface area contributed by atoms with Gasteiger partial charge in [0.15, 0.2) is 5.65 Å². The Balaban J connectivity index is 2.30. The first-order chi connectivity index (χ1) is 7.86. The molecule has 0 fully saturated rings. The summed E-state index contributed by atoms with van der Waals surface area (Å²) in [4.78, 5) is 8.14. The molecule has 0 aliphatic rings. The molecule has 0 bridgehead atoms. The van der Waals surface area contributed by atoms with Crippen molar-refractivity contribution in [3.8, 4) is 0 Å². The van der Waals surface area contributed by atoms with Gasteiger partial charge in [0.2, 0.25) is 0 Å². The van der Waals surface area contributed by atoms with Gasteiger partial charge in [0, 0.05) is 5.92 Å². The summed E-state index contributed by atoms with van der Waals surface area (Å²) in [6, 6.07) is 0. The van der Waals surface area contributed by atoms with Crippen LogP contribution in [-0.4, -0.2) is 38.4 Å². The summed E-state index contributed by atoms with van der Waals surface area (Å²) in [5, 5.41) is 11.4. The highest BCUT2D eigenvalue weighted by molar-refractivity contribution is 5.42. The molecule has 6 heteroatoms. The molecule has 0 aliphatic carbocycles. The molecular formula is C10H16N6. The van der Waals surface area contributed by atoms with E-state index in [1.54, 1.807) is 10.8 Å². The summed E-state index contributed by atoms with van der Waals surface area (Å²) in [6.07, 6.45) is 5.25. The highest BCUT2D eigenvalue weighted by atomic mass is 15.4. The van der Waals surface area contributed by atoms with E-state index in [0.717, 1.165) is 30.7 Å². The Kier molecular flexibility index (Phi) is 3.40. The Morgan fingerprint density at radius 3 is 3.12 bits per heavy atom. The molecule has 2 aromatic rings. The molecule has 0 aliphatic heterocycles. The van der Waals surface area contributed by atoms with E-state index in [4.69, 9.17) is 0 Å². The maximum Gasteiger partial charge on any atom is 0.182 e. The second-order valence-electron chi connectivity index (χ2n) is 3.75. The lowest BCUT2D eigenvalue weighted by Crippen LogP contribution is -2.12. The third kappa shape index (κ3) is 2.01. The number of fused-ring (bicyclic) bond motifs is 1. The first-order valence-corrected chi connectivity index (χ1v) is 5.52. The first kappa shape index (κ1) is 10.9. The predicted molar refractivity (Wildman–Crippen MR) is 60.2 cm³/mol. The van der Waals surface area contributed by atoms with E-state index in [1.807, 2.05) is 7.05 Å². The topological polar surface area (TPSA) is 68.0 Å². The van der Waals surface area contributed by atoms with Crippen molar-refractivity contribution in [1.82, 2.24) is 30.1 Å². The number of hydrogen-bond acceptors (Lipinski definition) is 5. The zero-order valence-electron chi connectivity index (χ0n) is 9.59. The van der Waals surface area contributed by atoms with Crippen LogP contribution in [0.5, 0.6) is 0 Å². The van der Waals surface area contributed by atoms with Crippen molar-refractivity contribution in [3.63, 3.8) is 0 Å². The second-order valence-corrected chi connectivity index (χ2v) is 3.75. The van der Waals surface area contributed by atoms with Crippen molar-refractivity contribution < 1.29 is 0 Å². The van der Waals surface area contributed by atoms with E-state index in [1.165, 1.54) is 6.33 Å². The lowest BCUT2D eigenvalue weighted by atomic mass is 9.99. The summed E-state index contributed by atoms with van der Waals surface area (Å²) in [6.45, 7) is 3.13. The quantitative estimate of drug-likeness (QED) is 0.800. The molecule has 2 heterocycles. The molecule has 0 saturated heterocycles. The van der Waals surface area contributed by atoms with Crippen LogP contribution in [0.25, 0.3) is 5.65 Å². The van der Waals surface area contributed by atoms with Gasteiger partial charge in [0.1, 0.15) is 18.3 Å². The van der Waals surface area contributed by atoms with Crippen LogP contribution in [0.2, 0.25) is 0 Å². The van der Waals surface area contributed by atoms with Crippen molar-refractivity contribution in [3.05, 3.63) is 18.3 Å². The van der Waals surface area contributed by atoms with Gasteiger partial charge in [-0.15, -0.1) is 5.10 Å². The van der Waals surface area contributed by atoms with Crippen LogP contribution in [0.1, 0.15) is 31.4 Å². The van der Waals surface area contributed by atoms with Crippen LogP contribution in [0.15, 0.2) is 12.7 Å². The van der Waals surface area contributed by atoms with E-state index < -0.39 is 0 Å². The van der Waals surface area contributed by atoms with Crippen LogP contribution in [0.3, 0.4) is 0 Å². The van der Waals surface area contributed by atoms with Gasteiger partial charge >= 0.3 is 0 Å². The molecule has 1 unspecified atom stereocenters. The fourth-order valence-electron chi connectivity index (χ4n) is 1.80. The monoisotopic (exact) mass is 220 g/mol. The minimum absolute atomic E-state index is 0.403. The zero-order chi connectivity index (χ0) is 11.4. The van der Waals surface area contributed by atoms with Gasteiger partial charge in [-0.05, 0) is 26.4 Å². The maximum absolute atomic E-state index is 4.22. The molecule has 0 radical (unpaired) electrons. The van der Waals surface area contributed by atoms with Crippen LogP contribution in [-0.2, 0) is 0 Å². The second kappa shape index (κ2) is 4.98. The SMILES string of the molecule is CCC(CCNC)c1nnn2cncnc12. The highest BCUT2D eigenvalue weighted by Crippen LogP contribution is 2.23. The average Bonchev–Trinajstić information content (AvgIpc) is 2.75. The minimum atomic E-state index is 0.403. The van der Waals surface area contributed by atoms with E-state index in [-0.39, 0.29) is 0 Å². The van der Waals surface area contributed by atoms with E-state index in [9.17, 15) is 0 Å². The lowest BCUT2D eigenvalue weighted by Gasteiger charge is -2.10. The molecule has 2 aromatic heterocycles. The zero-order valence-corrected chi connectivity index (χ0v) is 9.59. The van der Waals surface area contributed by atoms with Gasteiger partial charge in [-0.1, -0.05) is 12.1 Å². The van der Waals surface area contributed by atoms with Gasteiger partial charge in [-0.25, -0.2) is 9.97 Å². The van der Waals surface area contributed by atoms with Crippen LogP contribution in [0, 0.1) is 0 Å². The number of rotatable bonds is 5. The molecule has 1 N–H and O–H groups in total. The van der Waals surface area contributed by atoms with E-state index >= 15 is 0 Å². The van der Waals surface area contributed by atoms with Gasteiger partial charge in [-0.2, -0.15) is 4.52 Å². The van der Waals surface area contributed by atoms with Gasteiger partial charge < -0.3 is 5.32 Å². The molecular weight excluding hydrogens is 204 g/mol. The van der Waals surface area contributed by atoms with Crippen LogP contribution < -0.4 is 5.32 Å². The number of aromatic nitrogens is 5. The standard InChI is InChI=1S/C10H16N6/c1-3-8(4-5-11-2)9-10-13-6-12-7-16(10)15-14-9/h6-8,11H,3-5H2,1-2H3. The number of hydrogen-bond donors (Lipinski definition) is 1. The maximum atomic E-state index is 4.22. The van der Waals surface area contributed by atoms with Gasteiger partial charge in [0.05, 0.1) is 0 Å². The predicted octanol–water partition coefficient (Wildman–Crippen LogP) is 0.622. The normalized spacial score (nSPS) is 13.1. The first-order valence-electron chi connectivity index (χ1n) is 5.52. The molecule has 0 saturated carbocycles. The molecule has 86 valence electrons. The Bertz CT molecular complexity index is 451. The smallest absolute Gasteiger partial charge is 0.182 e. The number of nitrogens with zero attached hydrogens (tertiary/aromatic N) is 5. The van der Waals surface area contributed by atoms with Crippen molar-refractivity contribution in [2.24, 2.45) is 0 Å². The molecule has 2 rings (SSSR count). The van der Waals surface area contributed by atoms with E-state index in [2.05, 4.69) is 32.5 Å². The van der Waals surface area contributed by atoms with Crippen molar-refractivity contribution in [2.45, 2.75) is 25.7 Å². The molecule has 0 spiro atoms. The van der Waals surface area contributed by atoms with Crippen molar-refractivity contribution in [2.75, 3.05) is 13.6 Å². The lowest BCUT2D eigenvalue weighted by molar-refractivity contribution is 0.569. The minimum Gasteiger partial charge on any atom is -0.320 e. The summed E-state index contributed by atoms with van der Waals surface area (Å²) in [5.74, 6) is 0.403. The summed E-state index contributed by atoms with van der Waals surface area (Å²) in [5.41, 5.74) is 1.79. The molecule has 1 atom stereocenters. The third-order valence-corrected chi connectivity index (χ3v) is 2.74. The third-order valence-electron chi connectivity index (χ3n) is 2.74. The Hall–Kier alpha value is -1.56. The fraction of sp³-hybridized carbons (Fsp3) is 0.600. The fourth-order valence-corrected chi connectivity index (χ4v) is 1.80. The van der Waals surface area contributed by atoms with E-state index in [0.29, 0.717) is 5.92 Å². The largest absolute Gasteiger partial charge is 0.320 e. The van der Waals surface area contributed by atoms with Gasteiger partial charge in [0.25, 0.3) is 0 Å². The molecule has 0 aromatic carbocycles. The summed E-state index contributed by atoms with van der Waals surface area (Å²) < 4.78 is 1.62. The molecule has 6 nitrogen and oxygen atoms in total. The van der Waals surface area contributed by atoms with Crippen LogP contribution >= 0.6 is 0 Å². The Morgan fingerprint density at radius 1 is 1.50 bits per heavy atom. The summed E-state index contributed by atoms with van der Waals surface area (Å²) >= 11 is 0. The van der Waals surface area contributed by atoms with Crippen molar-refractivity contribution >= 4 is 5.65 Å². The highest BCUT2D eigenvalue weighted by Gasteiger charge is 2.17. The number of nitrogens with one attached hydrogen (secondary N) is 1. The molecule has 16 heavy (non-hydrogen) atoms. The van der Waals surface area contributed by atoms with Crippen LogP contribution in [0.4, 0.5) is 0 Å². The Morgan fingerprint density at radius 2 is 2.38 bits per heavy atom. The molecule has 0 amide bonds.